The minimum Gasteiger partial charge on any atom is -0.339 e. The normalized spacial score (nSPS) is 14.9. The van der Waals surface area contributed by atoms with Gasteiger partial charge in [-0.25, -0.2) is 8.42 Å². The summed E-state index contributed by atoms with van der Waals surface area (Å²) >= 11 is 5.90. The van der Waals surface area contributed by atoms with Crippen molar-refractivity contribution in [2.75, 3.05) is 17.8 Å². The average molecular weight is 393 g/mol. The van der Waals surface area contributed by atoms with E-state index in [0.717, 1.165) is 37.9 Å². The largest absolute Gasteiger partial charge is 0.339 e. The predicted molar refractivity (Wildman–Crippen MR) is 103 cm³/mol. The van der Waals surface area contributed by atoms with Crippen molar-refractivity contribution < 1.29 is 13.2 Å². The topological polar surface area (TPSA) is 66.5 Å². The molecule has 7 heteroatoms. The second kappa shape index (κ2) is 7.68. The van der Waals surface area contributed by atoms with Gasteiger partial charge >= 0.3 is 0 Å². The van der Waals surface area contributed by atoms with Crippen LogP contribution in [0.25, 0.3) is 0 Å². The Morgan fingerprint density at radius 2 is 1.69 bits per heavy atom. The molecule has 0 radical (unpaired) electrons. The molecule has 2 aromatic carbocycles. The standard InChI is InChI=1S/C19H21ClN2O3S/c1-14-13-16(20)7-10-18(14)21-26(24,25)17-8-5-15(6-9-17)19(23)22-11-3-2-4-12-22/h5-10,13,21H,2-4,11-12H2,1H3. The van der Waals surface area contributed by atoms with Crippen LogP contribution in [0.1, 0.15) is 35.2 Å². The van der Waals surface area contributed by atoms with Gasteiger partial charge < -0.3 is 4.90 Å². The number of carbonyl (C=O) groups excluding carboxylic acids is 1. The zero-order valence-electron chi connectivity index (χ0n) is 14.5. The quantitative estimate of drug-likeness (QED) is 0.852. The maximum Gasteiger partial charge on any atom is 0.261 e. The lowest BCUT2D eigenvalue weighted by atomic mass is 10.1. The molecule has 1 fully saturated rings. The number of aryl methyl sites for hydroxylation is 1. The van der Waals surface area contributed by atoms with E-state index in [1.807, 2.05) is 4.90 Å². The molecule has 2 aromatic rings. The number of likely N-dealkylation sites (tertiary alicyclic amines) is 1. The van der Waals surface area contributed by atoms with Gasteiger partial charge in [0.25, 0.3) is 15.9 Å². The number of piperidine rings is 1. The van der Waals surface area contributed by atoms with Gasteiger partial charge in [0, 0.05) is 23.7 Å². The highest BCUT2D eigenvalue weighted by Crippen LogP contribution is 2.23. The van der Waals surface area contributed by atoms with Crippen molar-refractivity contribution in [3.05, 3.63) is 58.6 Å². The Balaban J connectivity index is 1.77. The van der Waals surface area contributed by atoms with Crippen LogP contribution < -0.4 is 4.72 Å². The average Bonchev–Trinajstić information content (AvgIpc) is 2.64. The fourth-order valence-electron chi connectivity index (χ4n) is 3.00. The zero-order chi connectivity index (χ0) is 18.7. The molecule has 3 rings (SSSR count). The van der Waals surface area contributed by atoms with E-state index >= 15 is 0 Å². The third-order valence-electron chi connectivity index (χ3n) is 4.49. The molecular weight excluding hydrogens is 372 g/mol. The van der Waals surface area contributed by atoms with Gasteiger partial charge in [-0.2, -0.15) is 0 Å². The zero-order valence-corrected chi connectivity index (χ0v) is 16.1. The second-order valence-electron chi connectivity index (χ2n) is 6.44. The van der Waals surface area contributed by atoms with Crippen LogP contribution in [0.2, 0.25) is 5.02 Å². The number of rotatable bonds is 4. The van der Waals surface area contributed by atoms with Gasteiger partial charge in [0.15, 0.2) is 0 Å². The van der Waals surface area contributed by atoms with Crippen LogP contribution in [0.4, 0.5) is 5.69 Å². The number of amides is 1. The van der Waals surface area contributed by atoms with Crippen molar-refractivity contribution in [3.63, 3.8) is 0 Å². The molecule has 0 unspecified atom stereocenters. The van der Waals surface area contributed by atoms with Crippen LogP contribution in [-0.4, -0.2) is 32.3 Å². The lowest BCUT2D eigenvalue weighted by molar-refractivity contribution is 0.0724. The number of benzene rings is 2. The van der Waals surface area contributed by atoms with Gasteiger partial charge in [0.05, 0.1) is 10.6 Å². The summed E-state index contributed by atoms with van der Waals surface area (Å²) in [5.41, 5.74) is 1.72. The number of sulfonamides is 1. The van der Waals surface area contributed by atoms with Gasteiger partial charge in [-0.05, 0) is 74.2 Å². The van der Waals surface area contributed by atoms with Gasteiger partial charge in [0.2, 0.25) is 0 Å². The van der Waals surface area contributed by atoms with E-state index in [1.54, 1.807) is 37.3 Å². The van der Waals surface area contributed by atoms with E-state index < -0.39 is 10.0 Å². The molecule has 0 saturated carbocycles. The van der Waals surface area contributed by atoms with Crippen molar-refractivity contribution in [2.24, 2.45) is 0 Å². The predicted octanol–water partition coefficient (Wildman–Crippen LogP) is 4.08. The van der Waals surface area contributed by atoms with Crippen LogP contribution in [0.3, 0.4) is 0 Å². The number of nitrogens with zero attached hydrogens (tertiary/aromatic N) is 1. The van der Waals surface area contributed by atoms with Crippen LogP contribution in [-0.2, 0) is 10.0 Å². The first kappa shape index (κ1) is 18.7. The molecule has 0 aromatic heterocycles. The summed E-state index contributed by atoms with van der Waals surface area (Å²) in [6, 6.07) is 11.0. The van der Waals surface area contributed by atoms with E-state index in [0.29, 0.717) is 16.3 Å². The maximum absolute atomic E-state index is 12.6. The van der Waals surface area contributed by atoms with Crippen molar-refractivity contribution in [2.45, 2.75) is 31.1 Å². The molecule has 138 valence electrons. The first-order chi connectivity index (χ1) is 12.4. The van der Waals surface area contributed by atoms with Gasteiger partial charge in [-0.15, -0.1) is 0 Å². The first-order valence-corrected chi connectivity index (χ1v) is 10.4. The molecule has 1 aliphatic heterocycles. The fraction of sp³-hybridized carbons (Fsp3) is 0.316. The van der Waals surface area contributed by atoms with E-state index in [9.17, 15) is 13.2 Å². The number of carbonyl (C=O) groups is 1. The molecule has 0 spiro atoms. The molecular formula is C19H21ClN2O3S. The van der Waals surface area contributed by atoms with E-state index in [4.69, 9.17) is 11.6 Å². The molecule has 1 heterocycles. The molecule has 1 amide bonds. The molecule has 1 saturated heterocycles. The number of nitrogens with one attached hydrogen (secondary N) is 1. The summed E-state index contributed by atoms with van der Waals surface area (Å²) < 4.78 is 27.7. The number of anilines is 1. The highest BCUT2D eigenvalue weighted by molar-refractivity contribution is 7.92. The summed E-state index contributed by atoms with van der Waals surface area (Å²) in [5, 5.41) is 0.547. The lowest BCUT2D eigenvalue weighted by Gasteiger charge is -2.26. The minimum absolute atomic E-state index is 0.0462. The molecule has 0 aliphatic carbocycles. The molecule has 0 atom stereocenters. The lowest BCUT2D eigenvalue weighted by Crippen LogP contribution is -2.35. The van der Waals surface area contributed by atoms with Crippen LogP contribution in [0.15, 0.2) is 47.4 Å². The Morgan fingerprint density at radius 3 is 2.31 bits per heavy atom. The third kappa shape index (κ3) is 4.19. The van der Waals surface area contributed by atoms with E-state index in [1.165, 1.54) is 12.1 Å². The van der Waals surface area contributed by atoms with Crippen molar-refractivity contribution in [1.29, 1.82) is 0 Å². The summed E-state index contributed by atoms with van der Waals surface area (Å²) in [7, 11) is -3.73. The summed E-state index contributed by atoms with van der Waals surface area (Å²) in [6.45, 7) is 3.30. The first-order valence-electron chi connectivity index (χ1n) is 8.55. The van der Waals surface area contributed by atoms with Gasteiger partial charge in [0.1, 0.15) is 0 Å². The van der Waals surface area contributed by atoms with Gasteiger partial charge in [-0.1, -0.05) is 11.6 Å². The number of halogens is 1. The maximum atomic E-state index is 12.6. The van der Waals surface area contributed by atoms with Crippen molar-refractivity contribution in [3.8, 4) is 0 Å². The Labute approximate surface area is 159 Å². The van der Waals surface area contributed by atoms with Crippen molar-refractivity contribution in [1.82, 2.24) is 4.90 Å². The molecule has 26 heavy (non-hydrogen) atoms. The van der Waals surface area contributed by atoms with Crippen LogP contribution >= 0.6 is 11.6 Å². The third-order valence-corrected chi connectivity index (χ3v) is 6.10. The Hall–Kier alpha value is -2.05. The summed E-state index contributed by atoms with van der Waals surface area (Å²) in [4.78, 5) is 14.4. The highest BCUT2D eigenvalue weighted by Gasteiger charge is 2.20. The monoisotopic (exact) mass is 392 g/mol. The van der Waals surface area contributed by atoms with Crippen LogP contribution in [0, 0.1) is 6.92 Å². The Morgan fingerprint density at radius 1 is 1.04 bits per heavy atom. The summed E-state index contributed by atoms with van der Waals surface area (Å²) in [6.07, 6.45) is 3.18. The van der Waals surface area contributed by atoms with Crippen LogP contribution in [0.5, 0.6) is 0 Å². The minimum atomic E-state index is -3.73. The highest BCUT2D eigenvalue weighted by atomic mass is 35.5. The molecule has 1 N–H and O–H groups in total. The summed E-state index contributed by atoms with van der Waals surface area (Å²) in [5.74, 6) is -0.0462. The number of hydrogen-bond acceptors (Lipinski definition) is 3. The molecule has 0 bridgehead atoms. The Kier molecular flexibility index (Phi) is 5.53. The van der Waals surface area contributed by atoms with E-state index in [2.05, 4.69) is 4.72 Å². The Bertz CT molecular complexity index is 905. The second-order valence-corrected chi connectivity index (χ2v) is 8.56. The fourth-order valence-corrected chi connectivity index (χ4v) is 4.36. The molecule has 1 aliphatic rings. The smallest absolute Gasteiger partial charge is 0.261 e. The number of hydrogen-bond donors (Lipinski definition) is 1. The molecule has 5 nitrogen and oxygen atoms in total. The SMILES string of the molecule is Cc1cc(Cl)ccc1NS(=O)(=O)c1ccc(C(=O)N2CCCCC2)cc1. The van der Waals surface area contributed by atoms with E-state index in [-0.39, 0.29) is 10.8 Å². The van der Waals surface area contributed by atoms with Gasteiger partial charge in [-0.3, -0.25) is 9.52 Å². The van der Waals surface area contributed by atoms with Crippen molar-refractivity contribution >= 4 is 33.2 Å².